The van der Waals surface area contributed by atoms with E-state index in [9.17, 15) is 4.79 Å². The molecule has 162 valence electrons. The summed E-state index contributed by atoms with van der Waals surface area (Å²) in [6.45, 7) is 6.42. The highest BCUT2D eigenvalue weighted by atomic mass is 16.1. The largest absolute Gasteiger partial charge is 0.357 e. The van der Waals surface area contributed by atoms with Crippen LogP contribution in [0.4, 0.5) is 5.82 Å². The van der Waals surface area contributed by atoms with Gasteiger partial charge in [-0.2, -0.15) is 5.10 Å². The number of amides is 1. The highest BCUT2D eigenvalue weighted by Gasteiger charge is 2.06. The van der Waals surface area contributed by atoms with Crippen LogP contribution in [0.3, 0.4) is 0 Å². The number of aliphatic imine (C=N–C) groups is 1. The Morgan fingerprint density at radius 1 is 1.10 bits per heavy atom. The first-order valence-electron chi connectivity index (χ1n) is 10.4. The molecule has 3 aromatic rings. The van der Waals surface area contributed by atoms with Gasteiger partial charge in [0.05, 0.1) is 13.1 Å². The average Bonchev–Trinajstić information content (AvgIpc) is 3.28. The quantitative estimate of drug-likeness (QED) is 0.366. The molecule has 0 aliphatic rings. The van der Waals surface area contributed by atoms with Gasteiger partial charge in [0, 0.05) is 38.1 Å². The molecule has 31 heavy (non-hydrogen) atoms. The van der Waals surface area contributed by atoms with Gasteiger partial charge in [0.2, 0.25) is 5.91 Å². The molecule has 0 saturated heterocycles. The van der Waals surface area contributed by atoms with Crippen LogP contribution in [-0.2, 0) is 17.9 Å². The number of guanidine groups is 1. The van der Waals surface area contributed by atoms with Crippen molar-refractivity contribution in [2.24, 2.45) is 4.99 Å². The van der Waals surface area contributed by atoms with Gasteiger partial charge >= 0.3 is 0 Å². The molecule has 0 bridgehead atoms. The van der Waals surface area contributed by atoms with Gasteiger partial charge in [-0.3, -0.25) is 9.48 Å². The van der Waals surface area contributed by atoms with Crippen LogP contribution in [0.1, 0.15) is 30.0 Å². The number of hydrogen-bond acceptors (Lipinski definition) is 4. The minimum atomic E-state index is -0.0933. The number of rotatable bonds is 9. The third-order valence-corrected chi connectivity index (χ3v) is 4.59. The van der Waals surface area contributed by atoms with Gasteiger partial charge in [-0.25, -0.2) is 9.98 Å². The van der Waals surface area contributed by atoms with Crippen LogP contribution in [0.2, 0.25) is 0 Å². The van der Waals surface area contributed by atoms with E-state index in [1.807, 2.05) is 49.0 Å². The van der Waals surface area contributed by atoms with Gasteiger partial charge in [-0.05, 0) is 42.7 Å². The predicted molar refractivity (Wildman–Crippen MR) is 123 cm³/mol. The molecule has 0 fully saturated rings. The maximum absolute atomic E-state index is 12.2. The molecule has 0 unspecified atom stereocenters. The van der Waals surface area contributed by atoms with Crippen molar-refractivity contribution >= 4 is 17.7 Å². The van der Waals surface area contributed by atoms with Gasteiger partial charge < -0.3 is 16.0 Å². The van der Waals surface area contributed by atoms with Crippen molar-refractivity contribution in [2.45, 2.75) is 33.4 Å². The Kier molecular flexibility index (Phi) is 8.16. The molecule has 1 amide bonds. The van der Waals surface area contributed by atoms with Crippen LogP contribution >= 0.6 is 0 Å². The van der Waals surface area contributed by atoms with E-state index in [0.29, 0.717) is 37.8 Å². The molecule has 0 spiro atoms. The molecule has 8 heteroatoms. The summed E-state index contributed by atoms with van der Waals surface area (Å²) < 4.78 is 1.90. The van der Waals surface area contributed by atoms with E-state index in [1.54, 1.807) is 18.5 Å². The molecule has 2 aromatic heterocycles. The molecule has 0 aliphatic carbocycles. The molecule has 0 atom stereocenters. The number of aryl methyl sites for hydroxylation is 1. The molecule has 8 nitrogen and oxygen atoms in total. The van der Waals surface area contributed by atoms with Gasteiger partial charge in [0.25, 0.3) is 0 Å². The van der Waals surface area contributed by atoms with Crippen molar-refractivity contribution in [1.29, 1.82) is 0 Å². The maximum atomic E-state index is 12.2. The highest BCUT2D eigenvalue weighted by molar-refractivity contribution is 5.90. The summed E-state index contributed by atoms with van der Waals surface area (Å²) in [6.07, 6.45) is 5.77. The SMILES string of the molecule is CCNC(=NCc1ccccc1Cn1cccn1)NCCC(=O)Nc1ccc(C)cn1. The summed E-state index contributed by atoms with van der Waals surface area (Å²) in [5.74, 6) is 1.15. The summed E-state index contributed by atoms with van der Waals surface area (Å²) >= 11 is 0. The predicted octanol–water partition coefficient (Wildman–Crippen LogP) is 2.72. The lowest BCUT2D eigenvalue weighted by Gasteiger charge is -2.12. The second-order valence-corrected chi connectivity index (χ2v) is 7.11. The molecule has 1 aromatic carbocycles. The van der Waals surface area contributed by atoms with Crippen molar-refractivity contribution < 1.29 is 4.79 Å². The second-order valence-electron chi connectivity index (χ2n) is 7.11. The van der Waals surface area contributed by atoms with E-state index in [-0.39, 0.29) is 5.91 Å². The Bertz CT molecular complexity index is 981. The summed E-state index contributed by atoms with van der Waals surface area (Å²) in [5.41, 5.74) is 3.37. The average molecular weight is 420 g/mol. The van der Waals surface area contributed by atoms with E-state index in [1.165, 1.54) is 5.56 Å². The molecular formula is C23H29N7O. The zero-order valence-corrected chi connectivity index (χ0v) is 18.0. The van der Waals surface area contributed by atoms with Gasteiger partial charge in [0.1, 0.15) is 5.82 Å². The van der Waals surface area contributed by atoms with E-state index in [2.05, 4.69) is 43.2 Å². The lowest BCUT2D eigenvalue weighted by atomic mass is 10.1. The maximum Gasteiger partial charge on any atom is 0.227 e. The van der Waals surface area contributed by atoms with Crippen molar-refractivity contribution in [1.82, 2.24) is 25.4 Å². The molecule has 0 saturated carbocycles. The van der Waals surface area contributed by atoms with Crippen LogP contribution < -0.4 is 16.0 Å². The first kappa shape index (κ1) is 22.0. The Morgan fingerprint density at radius 3 is 2.65 bits per heavy atom. The number of carbonyl (C=O) groups is 1. The van der Waals surface area contributed by atoms with Crippen molar-refractivity contribution in [3.63, 3.8) is 0 Å². The lowest BCUT2D eigenvalue weighted by Crippen LogP contribution is -2.38. The molecule has 2 heterocycles. The molecule has 0 aliphatic heterocycles. The van der Waals surface area contributed by atoms with Crippen molar-refractivity contribution in [3.8, 4) is 0 Å². The summed E-state index contributed by atoms with van der Waals surface area (Å²) in [7, 11) is 0. The number of nitrogens with zero attached hydrogens (tertiary/aromatic N) is 4. The third-order valence-electron chi connectivity index (χ3n) is 4.59. The Balaban J connectivity index is 1.53. The Labute approximate surface area is 182 Å². The fraction of sp³-hybridized carbons (Fsp3) is 0.304. The fourth-order valence-corrected chi connectivity index (χ4v) is 2.98. The van der Waals surface area contributed by atoms with Crippen LogP contribution in [-0.4, -0.2) is 39.7 Å². The molecular weight excluding hydrogens is 390 g/mol. The molecule has 0 radical (unpaired) electrons. The van der Waals surface area contributed by atoms with Crippen LogP contribution in [0, 0.1) is 6.92 Å². The summed E-state index contributed by atoms with van der Waals surface area (Å²) in [5, 5.41) is 13.5. The smallest absolute Gasteiger partial charge is 0.227 e. The van der Waals surface area contributed by atoms with E-state index >= 15 is 0 Å². The Morgan fingerprint density at radius 2 is 1.94 bits per heavy atom. The minimum Gasteiger partial charge on any atom is -0.357 e. The summed E-state index contributed by atoms with van der Waals surface area (Å²) in [6, 6.07) is 13.8. The number of hydrogen-bond donors (Lipinski definition) is 3. The fourth-order valence-electron chi connectivity index (χ4n) is 2.98. The summed E-state index contributed by atoms with van der Waals surface area (Å²) in [4.78, 5) is 21.0. The normalized spacial score (nSPS) is 11.2. The van der Waals surface area contributed by atoms with Crippen LogP contribution in [0.15, 0.2) is 66.0 Å². The monoisotopic (exact) mass is 419 g/mol. The number of anilines is 1. The standard InChI is InChI=1S/C23H29N7O/c1-3-24-23(25-13-11-22(31)29-21-10-9-18(2)15-26-21)27-16-19-7-4-5-8-20(19)17-30-14-6-12-28-30/h4-10,12,14-15H,3,11,13,16-17H2,1-2H3,(H2,24,25,27)(H,26,29,31). The number of aromatic nitrogens is 3. The molecule has 3 N–H and O–H groups in total. The van der Waals surface area contributed by atoms with Gasteiger partial charge in [-0.1, -0.05) is 30.3 Å². The van der Waals surface area contributed by atoms with Gasteiger partial charge in [0.15, 0.2) is 5.96 Å². The first-order chi connectivity index (χ1) is 15.1. The number of pyridine rings is 1. The van der Waals surface area contributed by atoms with E-state index < -0.39 is 0 Å². The van der Waals surface area contributed by atoms with Crippen LogP contribution in [0.25, 0.3) is 0 Å². The Hall–Kier alpha value is -3.68. The first-order valence-corrected chi connectivity index (χ1v) is 10.4. The van der Waals surface area contributed by atoms with Crippen molar-refractivity contribution in [3.05, 3.63) is 77.7 Å². The third kappa shape index (κ3) is 7.26. The van der Waals surface area contributed by atoms with Crippen molar-refractivity contribution in [2.75, 3.05) is 18.4 Å². The topological polar surface area (TPSA) is 96.2 Å². The lowest BCUT2D eigenvalue weighted by molar-refractivity contribution is -0.116. The number of carbonyl (C=O) groups excluding carboxylic acids is 1. The van der Waals surface area contributed by atoms with E-state index in [0.717, 1.165) is 17.7 Å². The number of benzene rings is 1. The highest BCUT2D eigenvalue weighted by Crippen LogP contribution is 2.11. The second kappa shape index (κ2) is 11.5. The number of nitrogens with one attached hydrogen (secondary N) is 3. The van der Waals surface area contributed by atoms with Gasteiger partial charge in [-0.15, -0.1) is 0 Å². The zero-order valence-electron chi connectivity index (χ0n) is 18.0. The zero-order chi connectivity index (χ0) is 21.9. The van der Waals surface area contributed by atoms with Crippen LogP contribution in [0.5, 0.6) is 0 Å². The molecule has 3 rings (SSSR count). The minimum absolute atomic E-state index is 0.0933. The van der Waals surface area contributed by atoms with E-state index in [4.69, 9.17) is 0 Å².